The number of hydrogen-bond donors (Lipinski definition) is 2. The summed E-state index contributed by atoms with van der Waals surface area (Å²) >= 11 is 1.87. The van der Waals surface area contributed by atoms with E-state index in [1.807, 2.05) is 11.3 Å². The van der Waals surface area contributed by atoms with Gasteiger partial charge in [-0.1, -0.05) is 6.92 Å². The van der Waals surface area contributed by atoms with Crippen molar-refractivity contribution in [3.63, 3.8) is 0 Å². The quantitative estimate of drug-likeness (QED) is 0.765. The highest BCUT2D eigenvalue weighted by Crippen LogP contribution is 2.39. The Morgan fingerprint density at radius 1 is 1.30 bits per heavy atom. The number of aromatic nitrogens is 2. The zero-order valence-electron chi connectivity index (χ0n) is 14.6. The first kappa shape index (κ1) is 16.7. The summed E-state index contributed by atoms with van der Waals surface area (Å²) in [6.07, 6.45) is 6.60. The molecule has 1 aliphatic rings. The number of hydrogen-bond acceptors (Lipinski definition) is 4. The molecule has 2 N–H and O–H groups in total. The van der Waals surface area contributed by atoms with E-state index in [1.165, 1.54) is 61.1 Å². The molecule has 0 spiro atoms. The standard InChI is InChI=1S/C18H28N4S/c1-4-22(5-2)10-6-9-19-17-16-14-11-13(3)7-8-15(14)23-18(16)21-12-20-17/h12-13H,4-11H2,1-3H3,(H,19,20,21)/p+1/t13-/m0/s1. The Labute approximate surface area is 143 Å². The third kappa shape index (κ3) is 3.66. The van der Waals surface area contributed by atoms with Gasteiger partial charge in [0.05, 0.1) is 25.0 Å². The van der Waals surface area contributed by atoms with E-state index < -0.39 is 0 Å². The zero-order chi connectivity index (χ0) is 16.2. The van der Waals surface area contributed by atoms with Crippen LogP contribution in [0.4, 0.5) is 5.82 Å². The van der Waals surface area contributed by atoms with E-state index in [0.29, 0.717) is 0 Å². The van der Waals surface area contributed by atoms with Gasteiger partial charge >= 0.3 is 0 Å². The number of fused-ring (bicyclic) bond motifs is 3. The van der Waals surface area contributed by atoms with Crippen LogP contribution >= 0.6 is 11.3 Å². The highest BCUT2D eigenvalue weighted by molar-refractivity contribution is 7.19. The first-order valence-corrected chi connectivity index (χ1v) is 9.87. The van der Waals surface area contributed by atoms with Crippen LogP contribution in [0.1, 0.15) is 44.1 Å². The lowest BCUT2D eigenvalue weighted by Crippen LogP contribution is -3.11. The molecule has 0 saturated heterocycles. The van der Waals surface area contributed by atoms with Crippen LogP contribution < -0.4 is 10.2 Å². The van der Waals surface area contributed by atoms with Crippen LogP contribution in [0.25, 0.3) is 10.2 Å². The third-order valence-electron chi connectivity index (χ3n) is 5.09. The van der Waals surface area contributed by atoms with E-state index in [4.69, 9.17) is 0 Å². The molecule has 0 fully saturated rings. The molecule has 1 atom stereocenters. The summed E-state index contributed by atoms with van der Waals surface area (Å²) in [5.41, 5.74) is 1.52. The van der Waals surface area contributed by atoms with Crippen LogP contribution in [0.3, 0.4) is 0 Å². The van der Waals surface area contributed by atoms with Crippen LogP contribution in [-0.4, -0.2) is 36.1 Å². The zero-order valence-corrected chi connectivity index (χ0v) is 15.4. The molecule has 4 nitrogen and oxygen atoms in total. The molecule has 5 heteroatoms. The van der Waals surface area contributed by atoms with Crippen molar-refractivity contribution in [2.24, 2.45) is 5.92 Å². The Hall–Kier alpha value is -1.20. The average Bonchev–Trinajstić information content (AvgIpc) is 2.93. The maximum atomic E-state index is 4.55. The van der Waals surface area contributed by atoms with Gasteiger partial charge in [0.2, 0.25) is 0 Å². The first-order chi connectivity index (χ1) is 11.2. The molecule has 126 valence electrons. The van der Waals surface area contributed by atoms with Gasteiger partial charge < -0.3 is 10.2 Å². The molecular weight excluding hydrogens is 304 g/mol. The minimum atomic E-state index is 0.777. The van der Waals surface area contributed by atoms with Gasteiger partial charge in [-0.2, -0.15) is 0 Å². The van der Waals surface area contributed by atoms with Crippen LogP contribution in [-0.2, 0) is 12.8 Å². The summed E-state index contributed by atoms with van der Waals surface area (Å²) in [6, 6.07) is 0. The Morgan fingerprint density at radius 2 is 2.13 bits per heavy atom. The number of thiophene rings is 1. The molecule has 0 saturated carbocycles. The summed E-state index contributed by atoms with van der Waals surface area (Å²) in [5, 5.41) is 4.88. The topological polar surface area (TPSA) is 42.2 Å². The second kappa shape index (κ2) is 7.58. The lowest BCUT2D eigenvalue weighted by molar-refractivity contribution is -0.896. The van der Waals surface area contributed by atoms with Gasteiger partial charge in [-0.15, -0.1) is 11.3 Å². The van der Waals surface area contributed by atoms with Gasteiger partial charge in [-0.25, -0.2) is 9.97 Å². The van der Waals surface area contributed by atoms with Gasteiger partial charge in [0.15, 0.2) is 0 Å². The van der Waals surface area contributed by atoms with Crippen LogP contribution in [0.2, 0.25) is 0 Å². The number of nitrogens with one attached hydrogen (secondary N) is 2. The highest BCUT2D eigenvalue weighted by atomic mass is 32.1. The maximum Gasteiger partial charge on any atom is 0.138 e. The fourth-order valence-corrected chi connectivity index (χ4v) is 4.75. The molecule has 2 aromatic rings. The number of rotatable bonds is 7. The molecule has 2 heterocycles. The Bertz CT molecular complexity index is 648. The molecule has 2 aromatic heterocycles. The number of nitrogens with zero attached hydrogens (tertiary/aromatic N) is 2. The molecule has 0 bridgehead atoms. The van der Waals surface area contributed by atoms with Gasteiger partial charge in [-0.3, -0.25) is 0 Å². The monoisotopic (exact) mass is 333 g/mol. The lowest BCUT2D eigenvalue weighted by atomic mass is 9.88. The molecule has 1 aliphatic carbocycles. The predicted octanol–water partition coefficient (Wildman–Crippen LogP) is 2.54. The van der Waals surface area contributed by atoms with Crippen molar-refractivity contribution in [2.45, 2.75) is 46.5 Å². The highest BCUT2D eigenvalue weighted by Gasteiger charge is 2.23. The van der Waals surface area contributed by atoms with E-state index in [2.05, 4.69) is 36.1 Å². The number of quaternary nitrogens is 1. The smallest absolute Gasteiger partial charge is 0.138 e. The fourth-order valence-electron chi connectivity index (χ4n) is 3.57. The molecule has 23 heavy (non-hydrogen) atoms. The van der Waals surface area contributed by atoms with Gasteiger partial charge in [0.1, 0.15) is 17.0 Å². The summed E-state index contributed by atoms with van der Waals surface area (Å²) in [4.78, 5) is 13.4. The molecule has 3 rings (SSSR count). The van der Waals surface area contributed by atoms with Crippen molar-refractivity contribution >= 4 is 27.4 Å². The summed E-state index contributed by atoms with van der Waals surface area (Å²) in [5.74, 6) is 1.83. The summed E-state index contributed by atoms with van der Waals surface area (Å²) < 4.78 is 0. The van der Waals surface area contributed by atoms with E-state index >= 15 is 0 Å². The van der Waals surface area contributed by atoms with Crippen LogP contribution in [0.15, 0.2) is 6.33 Å². The first-order valence-electron chi connectivity index (χ1n) is 9.05. The number of anilines is 1. The molecular formula is C18H29N4S+. The molecule has 0 aliphatic heterocycles. The SMILES string of the molecule is CC[NH+](CC)CCCNc1ncnc2sc3c(c12)C[C@@H](C)CC3. The van der Waals surface area contributed by atoms with Crippen LogP contribution in [0, 0.1) is 5.92 Å². The van der Waals surface area contributed by atoms with Gasteiger partial charge in [0, 0.05) is 17.8 Å². The van der Waals surface area contributed by atoms with Gasteiger partial charge in [0.25, 0.3) is 0 Å². The Balaban J connectivity index is 1.72. The van der Waals surface area contributed by atoms with Crippen molar-refractivity contribution in [2.75, 3.05) is 31.5 Å². The molecule has 0 amide bonds. The Morgan fingerprint density at radius 3 is 2.91 bits per heavy atom. The normalized spacial score (nSPS) is 17.7. The van der Waals surface area contributed by atoms with Gasteiger partial charge in [-0.05, 0) is 44.6 Å². The molecule has 0 aromatic carbocycles. The lowest BCUT2D eigenvalue weighted by Gasteiger charge is -2.19. The summed E-state index contributed by atoms with van der Waals surface area (Å²) in [7, 11) is 0. The van der Waals surface area contributed by atoms with Crippen molar-refractivity contribution in [3.05, 3.63) is 16.8 Å². The second-order valence-corrected chi connectivity index (χ2v) is 7.83. The van der Waals surface area contributed by atoms with Crippen LogP contribution in [0.5, 0.6) is 0 Å². The minimum absolute atomic E-state index is 0.777. The van der Waals surface area contributed by atoms with Crippen molar-refractivity contribution in [1.82, 2.24) is 9.97 Å². The van der Waals surface area contributed by atoms with Crippen molar-refractivity contribution in [1.29, 1.82) is 0 Å². The van der Waals surface area contributed by atoms with E-state index in [-0.39, 0.29) is 0 Å². The van der Waals surface area contributed by atoms with E-state index in [1.54, 1.807) is 11.2 Å². The largest absolute Gasteiger partial charge is 0.369 e. The minimum Gasteiger partial charge on any atom is -0.369 e. The summed E-state index contributed by atoms with van der Waals surface area (Å²) in [6.45, 7) is 11.5. The van der Waals surface area contributed by atoms with Crippen molar-refractivity contribution in [3.8, 4) is 0 Å². The van der Waals surface area contributed by atoms with E-state index in [0.717, 1.165) is 23.1 Å². The van der Waals surface area contributed by atoms with Crippen molar-refractivity contribution < 1.29 is 4.90 Å². The maximum absolute atomic E-state index is 4.55. The molecule has 0 unspecified atom stereocenters. The second-order valence-electron chi connectivity index (χ2n) is 6.74. The predicted molar refractivity (Wildman–Crippen MR) is 98.6 cm³/mol. The fraction of sp³-hybridized carbons (Fsp3) is 0.667. The third-order valence-corrected chi connectivity index (χ3v) is 6.29. The Kier molecular flexibility index (Phi) is 5.49. The van der Waals surface area contributed by atoms with E-state index in [9.17, 15) is 0 Å². The molecule has 0 radical (unpaired) electrons. The average molecular weight is 334 g/mol. The number of aryl methyl sites for hydroxylation is 1.